The summed E-state index contributed by atoms with van der Waals surface area (Å²) in [4.78, 5) is 14.0. The molecule has 0 heterocycles. The molecule has 1 N–H and O–H groups in total. The van der Waals surface area contributed by atoms with Crippen molar-refractivity contribution in [2.45, 2.75) is 38.5 Å². The standard InChI is InChI=1S/C15H29NO4/c1-19-11-6-9-16(10-12-20-2)13-15(14(17)18)7-4-3-5-8-15/h3-13H2,1-2H3,(H,17,18). The van der Waals surface area contributed by atoms with E-state index in [0.29, 0.717) is 19.8 Å². The predicted octanol–water partition coefficient (Wildman–Crippen LogP) is 2.01. The normalized spacial score (nSPS) is 18.4. The van der Waals surface area contributed by atoms with Crippen LogP contribution < -0.4 is 0 Å². The number of ether oxygens (including phenoxy) is 2. The molecule has 0 aliphatic heterocycles. The first-order chi connectivity index (χ1) is 9.64. The van der Waals surface area contributed by atoms with Crippen LogP contribution in [0.1, 0.15) is 38.5 Å². The summed E-state index contributed by atoms with van der Waals surface area (Å²) in [5, 5.41) is 9.65. The largest absolute Gasteiger partial charge is 0.481 e. The topological polar surface area (TPSA) is 59.0 Å². The molecule has 0 amide bonds. The van der Waals surface area contributed by atoms with Crippen molar-refractivity contribution in [3.63, 3.8) is 0 Å². The van der Waals surface area contributed by atoms with Crippen LogP contribution in [-0.4, -0.2) is 63.0 Å². The zero-order valence-corrected chi connectivity index (χ0v) is 12.9. The minimum atomic E-state index is -0.633. The van der Waals surface area contributed by atoms with Gasteiger partial charge in [-0.25, -0.2) is 0 Å². The van der Waals surface area contributed by atoms with E-state index >= 15 is 0 Å². The van der Waals surface area contributed by atoms with Gasteiger partial charge in [-0.3, -0.25) is 9.69 Å². The van der Waals surface area contributed by atoms with Crippen LogP contribution >= 0.6 is 0 Å². The van der Waals surface area contributed by atoms with Gasteiger partial charge in [-0.05, 0) is 19.3 Å². The first kappa shape index (κ1) is 17.4. The number of carbonyl (C=O) groups is 1. The Labute approximate surface area is 122 Å². The van der Waals surface area contributed by atoms with Crippen molar-refractivity contribution in [3.8, 4) is 0 Å². The summed E-state index contributed by atoms with van der Waals surface area (Å²) in [6.07, 6.45) is 5.75. The summed E-state index contributed by atoms with van der Waals surface area (Å²) in [6.45, 7) is 3.64. The molecule has 1 rings (SSSR count). The van der Waals surface area contributed by atoms with E-state index in [0.717, 1.165) is 51.6 Å². The molecule has 118 valence electrons. The number of carboxylic acids is 1. The van der Waals surface area contributed by atoms with E-state index in [1.807, 2.05) is 0 Å². The lowest BCUT2D eigenvalue weighted by Gasteiger charge is -2.37. The van der Waals surface area contributed by atoms with Gasteiger partial charge in [-0.15, -0.1) is 0 Å². The van der Waals surface area contributed by atoms with Gasteiger partial charge in [0.25, 0.3) is 0 Å². The average Bonchev–Trinajstić information content (AvgIpc) is 2.45. The molecule has 0 aromatic heterocycles. The van der Waals surface area contributed by atoms with Crippen molar-refractivity contribution >= 4 is 5.97 Å². The maximum absolute atomic E-state index is 11.7. The highest BCUT2D eigenvalue weighted by molar-refractivity contribution is 5.75. The number of carboxylic acid groups (broad SMARTS) is 1. The average molecular weight is 287 g/mol. The Morgan fingerprint density at radius 2 is 1.75 bits per heavy atom. The highest BCUT2D eigenvalue weighted by Crippen LogP contribution is 2.37. The summed E-state index contributed by atoms with van der Waals surface area (Å²) >= 11 is 0. The maximum Gasteiger partial charge on any atom is 0.310 e. The van der Waals surface area contributed by atoms with Crippen LogP contribution in [0.15, 0.2) is 0 Å². The fraction of sp³-hybridized carbons (Fsp3) is 0.933. The molecule has 0 radical (unpaired) electrons. The van der Waals surface area contributed by atoms with E-state index in [-0.39, 0.29) is 0 Å². The van der Waals surface area contributed by atoms with Gasteiger partial charge in [0, 0.05) is 40.5 Å². The van der Waals surface area contributed by atoms with Crippen molar-refractivity contribution in [2.75, 3.05) is 47.1 Å². The number of rotatable bonds is 10. The Morgan fingerprint density at radius 3 is 2.30 bits per heavy atom. The molecular weight excluding hydrogens is 258 g/mol. The Balaban J connectivity index is 2.60. The minimum Gasteiger partial charge on any atom is -0.481 e. The molecule has 5 nitrogen and oxygen atoms in total. The van der Waals surface area contributed by atoms with Gasteiger partial charge < -0.3 is 14.6 Å². The number of aliphatic carboxylic acids is 1. The molecular formula is C15H29NO4. The number of nitrogens with zero attached hydrogens (tertiary/aromatic N) is 1. The summed E-state index contributed by atoms with van der Waals surface area (Å²) in [5.74, 6) is -0.633. The van der Waals surface area contributed by atoms with Gasteiger partial charge >= 0.3 is 5.97 Å². The molecule has 0 atom stereocenters. The number of methoxy groups -OCH3 is 2. The van der Waals surface area contributed by atoms with Crippen LogP contribution in [-0.2, 0) is 14.3 Å². The van der Waals surface area contributed by atoms with Crippen molar-refractivity contribution in [1.29, 1.82) is 0 Å². The molecule has 0 aromatic rings. The zero-order chi connectivity index (χ0) is 14.8. The van der Waals surface area contributed by atoms with Crippen LogP contribution in [0.4, 0.5) is 0 Å². The third-order valence-electron chi connectivity index (χ3n) is 4.23. The first-order valence-corrected chi connectivity index (χ1v) is 7.58. The Kier molecular flexibility index (Phi) is 8.11. The lowest BCUT2D eigenvalue weighted by atomic mass is 9.73. The van der Waals surface area contributed by atoms with Crippen LogP contribution in [0.25, 0.3) is 0 Å². The van der Waals surface area contributed by atoms with Gasteiger partial charge in [0.15, 0.2) is 0 Å². The smallest absolute Gasteiger partial charge is 0.310 e. The van der Waals surface area contributed by atoms with Crippen molar-refractivity contribution in [2.24, 2.45) is 5.41 Å². The molecule has 0 spiro atoms. The van der Waals surface area contributed by atoms with Gasteiger partial charge in [0.05, 0.1) is 12.0 Å². The molecule has 1 aliphatic rings. The second-order valence-corrected chi connectivity index (χ2v) is 5.76. The highest BCUT2D eigenvalue weighted by atomic mass is 16.5. The molecule has 5 heteroatoms. The van der Waals surface area contributed by atoms with E-state index in [9.17, 15) is 9.90 Å². The first-order valence-electron chi connectivity index (χ1n) is 7.58. The molecule has 0 aromatic carbocycles. The lowest BCUT2D eigenvalue weighted by molar-refractivity contribution is -0.152. The van der Waals surface area contributed by atoms with Crippen molar-refractivity contribution in [1.82, 2.24) is 4.90 Å². The Hall–Kier alpha value is -0.650. The third kappa shape index (κ3) is 5.38. The zero-order valence-electron chi connectivity index (χ0n) is 12.9. The fourth-order valence-electron chi connectivity index (χ4n) is 3.02. The maximum atomic E-state index is 11.7. The minimum absolute atomic E-state index is 0.556. The quantitative estimate of drug-likeness (QED) is 0.623. The summed E-state index contributed by atoms with van der Waals surface area (Å²) < 4.78 is 10.2. The molecule has 1 saturated carbocycles. The molecule has 0 bridgehead atoms. The SMILES string of the molecule is COCCCN(CCOC)CC1(C(=O)O)CCCCC1. The molecule has 1 aliphatic carbocycles. The second-order valence-electron chi connectivity index (χ2n) is 5.76. The second kappa shape index (κ2) is 9.32. The summed E-state index contributed by atoms with van der Waals surface area (Å²) in [6, 6.07) is 0. The number of hydrogen-bond donors (Lipinski definition) is 1. The molecule has 20 heavy (non-hydrogen) atoms. The Morgan fingerprint density at radius 1 is 1.10 bits per heavy atom. The van der Waals surface area contributed by atoms with Crippen LogP contribution in [0.5, 0.6) is 0 Å². The monoisotopic (exact) mass is 287 g/mol. The van der Waals surface area contributed by atoms with Gasteiger partial charge in [-0.1, -0.05) is 19.3 Å². The third-order valence-corrected chi connectivity index (χ3v) is 4.23. The van der Waals surface area contributed by atoms with Crippen LogP contribution in [0, 0.1) is 5.41 Å². The van der Waals surface area contributed by atoms with E-state index in [4.69, 9.17) is 9.47 Å². The molecule has 0 unspecified atom stereocenters. The van der Waals surface area contributed by atoms with Crippen molar-refractivity contribution in [3.05, 3.63) is 0 Å². The summed E-state index contributed by atoms with van der Waals surface area (Å²) in [7, 11) is 3.38. The van der Waals surface area contributed by atoms with Crippen LogP contribution in [0.3, 0.4) is 0 Å². The highest BCUT2D eigenvalue weighted by Gasteiger charge is 2.40. The number of hydrogen-bond acceptors (Lipinski definition) is 4. The van der Waals surface area contributed by atoms with Gasteiger partial charge in [-0.2, -0.15) is 0 Å². The summed E-state index contributed by atoms with van der Waals surface area (Å²) in [5.41, 5.74) is -0.556. The van der Waals surface area contributed by atoms with Gasteiger partial charge in [0.1, 0.15) is 0 Å². The van der Waals surface area contributed by atoms with Gasteiger partial charge in [0.2, 0.25) is 0 Å². The Bertz CT molecular complexity index is 277. The van der Waals surface area contributed by atoms with Crippen molar-refractivity contribution < 1.29 is 19.4 Å². The van der Waals surface area contributed by atoms with E-state index < -0.39 is 11.4 Å². The molecule has 0 saturated heterocycles. The lowest BCUT2D eigenvalue weighted by Crippen LogP contribution is -2.46. The fourth-order valence-corrected chi connectivity index (χ4v) is 3.02. The predicted molar refractivity (Wildman–Crippen MR) is 78.0 cm³/mol. The molecule has 1 fully saturated rings. The van der Waals surface area contributed by atoms with E-state index in [1.165, 1.54) is 0 Å². The van der Waals surface area contributed by atoms with E-state index in [2.05, 4.69) is 4.90 Å². The van der Waals surface area contributed by atoms with Crippen LogP contribution in [0.2, 0.25) is 0 Å². The van der Waals surface area contributed by atoms with E-state index in [1.54, 1.807) is 14.2 Å².